The van der Waals surface area contributed by atoms with E-state index in [0.29, 0.717) is 23.3 Å². The normalized spacial score (nSPS) is 26.4. The van der Waals surface area contributed by atoms with Crippen LogP contribution in [0.4, 0.5) is 5.69 Å². The Hall–Kier alpha value is -1.55. The number of benzene rings is 1. The third kappa shape index (κ3) is 2.45. The summed E-state index contributed by atoms with van der Waals surface area (Å²) in [5.74, 6) is 0.00847. The molecular formula is C15H21N3O. The van der Waals surface area contributed by atoms with Gasteiger partial charge in [-0.1, -0.05) is 0 Å². The Kier molecular flexibility index (Phi) is 3.19. The monoisotopic (exact) mass is 259 g/mol. The van der Waals surface area contributed by atoms with Gasteiger partial charge in [0, 0.05) is 29.9 Å². The highest BCUT2D eigenvalue weighted by atomic mass is 16.1. The number of hydrogen-bond donors (Lipinski definition) is 2. The summed E-state index contributed by atoms with van der Waals surface area (Å²) in [6.45, 7) is 4.27. The van der Waals surface area contributed by atoms with Crippen LogP contribution in [0.5, 0.6) is 0 Å². The highest BCUT2D eigenvalue weighted by molar-refractivity contribution is 5.95. The van der Waals surface area contributed by atoms with Crippen LogP contribution in [0.1, 0.15) is 35.2 Å². The average Bonchev–Trinajstić information content (AvgIpc) is 2.92. The fraction of sp³-hybridized carbons (Fsp3) is 0.533. The number of nitrogens with zero attached hydrogens (tertiary/aromatic N) is 1. The van der Waals surface area contributed by atoms with Gasteiger partial charge in [-0.2, -0.15) is 0 Å². The van der Waals surface area contributed by atoms with Gasteiger partial charge in [-0.25, -0.2) is 0 Å². The second-order valence-electron chi connectivity index (χ2n) is 5.75. The molecule has 2 unspecified atom stereocenters. The van der Waals surface area contributed by atoms with Gasteiger partial charge in [-0.3, -0.25) is 9.69 Å². The maximum atomic E-state index is 12.3. The van der Waals surface area contributed by atoms with Gasteiger partial charge in [0.25, 0.3) is 5.91 Å². The van der Waals surface area contributed by atoms with E-state index in [1.165, 1.54) is 19.4 Å². The number of carbonyl (C=O) groups is 1. The van der Waals surface area contributed by atoms with Crippen LogP contribution in [-0.4, -0.2) is 36.0 Å². The molecule has 2 fully saturated rings. The number of aryl methyl sites for hydroxylation is 1. The van der Waals surface area contributed by atoms with Crippen molar-refractivity contribution in [2.45, 2.75) is 38.3 Å². The molecule has 2 heterocycles. The van der Waals surface area contributed by atoms with E-state index in [1.54, 1.807) is 6.07 Å². The molecule has 2 aliphatic rings. The molecule has 102 valence electrons. The zero-order valence-electron chi connectivity index (χ0n) is 11.4. The Morgan fingerprint density at radius 1 is 1.32 bits per heavy atom. The molecule has 19 heavy (non-hydrogen) atoms. The number of amides is 1. The molecule has 0 spiro atoms. The van der Waals surface area contributed by atoms with Crippen LogP contribution in [0.25, 0.3) is 0 Å². The van der Waals surface area contributed by atoms with Crippen molar-refractivity contribution in [2.24, 2.45) is 0 Å². The summed E-state index contributed by atoms with van der Waals surface area (Å²) >= 11 is 0. The van der Waals surface area contributed by atoms with E-state index in [0.717, 1.165) is 18.5 Å². The molecule has 4 heteroatoms. The van der Waals surface area contributed by atoms with E-state index in [-0.39, 0.29) is 5.91 Å². The van der Waals surface area contributed by atoms with Crippen molar-refractivity contribution in [1.29, 1.82) is 0 Å². The highest BCUT2D eigenvalue weighted by Gasteiger charge is 2.37. The summed E-state index contributed by atoms with van der Waals surface area (Å²) in [7, 11) is 0. The topological polar surface area (TPSA) is 58.4 Å². The van der Waals surface area contributed by atoms with E-state index in [2.05, 4.69) is 10.2 Å². The molecule has 1 aromatic carbocycles. The van der Waals surface area contributed by atoms with Gasteiger partial charge >= 0.3 is 0 Å². The van der Waals surface area contributed by atoms with Crippen molar-refractivity contribution in [3.63, 3.8) is 0 Å². The third-order valence-electron chi connectivity index (χ3n) is 4.28. The number of carbonyl (C=O) groups excluding carboxylic acids is 1. The van der Waals surface area contributed by atoms with E-state index >= 15 is 0 Å². The predicted molar refractivity (Wildman–Crippen MR) is 76.1 cm³/mol. The second-order valence-corrected chi connectivity index (χ2v) is 5.75. The molecule has 1 aromatic rings. The molecular weight excluding hydrogens is 238 g/mol. The molecule has 2 atom stereocenters. The van der Waals surface area contributed by atoms with Crippen LogP contribution in [0.2, 0.25) is 0 Å². The standard InChI is InChI=1S/C15H21N3O/c1-10-7-11(9-12(16)8-10)15(19)17-13-4-6-18-5-2-3-14(13)18/h7-9,13-14H,2-6,16H2,1H3,(H,17,19). The molecule has 0 bridgehead atoms. The van der Waals surface area contributed by atoms with Gasteiger partial charge in [0.2, 0.25) is 0 Å². The molecule has 3 N–H and O–H groups in total. The van der Waals surface area contributed by atoms with Crippen LogP contribution in [0.3, 0.4) is 0 Å². The summed E-state index contributed by atoms with van der Waals surface area (Å²) in [5, 5.41) is 3.18. The smallest absolute Gasteiger partial charge is 0.251 e. The number of fused-ring (bicyclic) bond motifs is 1. The largest absolute Gasteiger partial charge is 0.399 e. The number of hydrogen-bond acceptors (Lipinski definition) is 3. The summed E-state index contributed by atoms with van der Waals surface area (Å²) in [6, 6.07) is 6.38. The number of nitrogens with two attached hydrogens (primary N) is 1. The fourth-order valence-electron chi connectivity index (χ4n) is 3.45. The van der Waals surface area contributed by atoms with Gasteiger partial charge < -0.3 is 11.1 Å². The second kappa shape index (κ2) is 4.85. The van der Waals surface area contributed by atoms with Crippen LogP contribution in [0, 0.1) is 6.92 Å². The van der Waals surface area contributed by atoms with E-state index in [9.17, 15) is 4.79 Å². The summed E-state index contributed by atoms with van der Waals surface area (Å²) in [4.78, 5) is 14.8. The maximum absolute atomic E-state index is 12.3. The molecule has 1 amide bonds. The van der Waals surface area contributed by atoms with Crippen molar-refractivity contribution >= 4 is 11.6 Å². The molecule has 0 aromatic heterocycles. The van der Waals surface area contributed by atoms with Crippen molar-refractivity contribution in [1.82, 2.24) is 10.2 Å². The Morgan fingerprint density at radius 2 is 2.16 bits per heavy atom. The zero-order chi connectivity index (χ0) is 13.4. The molecule has 2 aliphatic heterocycles. The lowest BCUT2D eigenvalue weighted by Gasteiger charge is -2.21. The van der Waals surface area contributed by atoms with Gasteiger partial charge in [0.05, 0.1) is 0 Å². The first-order chi connectivity index (χ1) is 9.13. The minimum Gasteiger partial charge on any atom is -0.399 e. The van der Waals surface area contributed by atoms with Crippen molar-refractivity contribution in [2.75, 3.05) is 18.8 Å². The van der Waals surface area contributed by atoms with E-state index in [1.807, 2.05) is 19.1 Å². The van der Waals surface area contributed by atoms with Gasteiger partial charge in [-0.15, -0.1) is 0 Å². The maximum Gasteiger partial charge on any atom is 0.251 e. The summed E-state index contributed by atoms with van der Waals surface area (Å²) in [5.41, 5.74) is 8.16. The summed E-state index contributed by atoms with van der Waals surface area (Å²) in [6.07, 6.45) is 3.53. The molecule has 0 saturated carbocycles. The first kappa shape index (κ1) is 12.5. The van der Waals surface area contributed by atoms with Crippen LogP contribution in [0.15, 0.2) is 18.2 Å². The Morgan fingerprint density at radius 3 is 2.95 bits per heavy atom. The van der Waals surface area contributed by atoms with Crippen molar-refractivity contribution < 1.29 is 4.79 Å². The lowest BCUT2D eigenvalue weighted by atomic mass is 10.0. The average molecular weight is 259 g/mol. The van der Waals surface area contributed by atoms with E-state index in [4.69, 9.17) is 5.73 Å². The van der Waals surface area contributed by atoms with Gasteiger partial charge in [-0.05, 0) is 56.5 Å². The van der Waals surface area contributed by atoms with E-state index < -0.39 is 0 Å². The minimum absolute atomic E-state index is 0.00847. The van der Waals surface area contributed by atoms with Gasteiger partial charge in [0.15, 0.2) is 0 Å². The third-order valence-corrected chi connectivity index (χ3v) is 4.28. The predicted octanol–water partition coefficient (Wildman–Crippen LogP) is 1.54. The van der Waals surface area contributed by atoms with Crippen molar-refractivity contribution in [3.05, 3.63) is 29.3 Å². The Bertz CT molecular complexity index is 480. The van der Waals surface area contributed by atoms with Crippen LogP contribution >= 0.6 is 0 Å². The zero-order valence-corrected chi connectivity index (χ0v) is 11.4. The molecule has 0 aliphatic carbocycles. The van der Waals surface area contributed by atoms with Crippen molar-refractivity contribution in [3.8, 4) is 0 Å². The van der Waals surface area contributed by atoms with Gasteiger partial charge in [0.1, 0.15) is 0 Å². The number of anilines is 1. The summed E-state index contributed by atoms with van der Waals surface area (Å²) < 4.78 is 0. The molecule has 4 nitrogen and oxygen atoms in total. The Labute approximate surface area is 114 Å². The number of nitrogens with one attached hydrogen (secondary N) is 1. The molecule has 2 saturated heterocycles. The SMILES string of the molecule is Cc1cc(N)cc(C(=O)NC2CCN3CCCC23)c1. The Balaban J connectivity index is 1.71. The number of rotatable bonds is 2. The molecule has 3 rings (SSSR count). The molecule has 0 radical (unpaired) electrons. The fourth-order valence-corrected chi connectivity index (χ4v) is 3.45. The highest BCUT2D eigenvalue weighted by Crippen LogP contribution is 2.28. The lowest BCUT2D eigenvalue weighted by molar-refractivity contribution is 0.0929. The van der Waals surface area contributed by atoms with Crippen LogP contribution < -0.4 is 11.1 Å². The first-order valence-corrected chi connectivity index (χ1v) is 7.05. The quantitative estimate of drug-likeness (QED) is 0.792. The lowest BCUT2D eigenvalue weighted by Crippen LogP contribution is -2.42. The minimum atomic E-state index is 0.00847. The number of nitrogen functional groups attached to an aromatic ring is 1. The first-order valence-electron chi connectivity index (χ1n) is 7.05. The van der Waals surface area contributed by atoms with Crippen LogP contribution in [-0.2, 0) is 0 Å².